The van der Waals surface area contributed by atoms with Crippen molar-refractivity contribution in [3.8, 4) is 5.75 Å². The fourth-order valence-corrected chi connectivity index (χ4v) is 4.20. The maximum atomic E-state index is 5.27. The number of rotatable bonds is 7. The number of ether oxygens (including phenoxy) is 1. The Hall–Kier alpha value is -3.05. The van der Waals surface area contributed by atoms with Gasteiger partial charge in [-0.15, -0.1) is 0 Å². The zero-order valence-electron chi connectivity index (χ0n) is 17.5. The van der Waals surface area contributed by atoms with Crippen molar-refractivity contribution in [3.63, 3.8) is 0 Å². The van der Waals surface area contributed by atoms with Crippen LogP contribution < -0.4 is 10.1 Å². The second-order valence-corrected chi connectivity index (χ2v) is 8.30. The molecule has 4 rings (SSSR count). The van der Waals surface area contributed by atoms with Crippen LogP contribution in [0.3, 0.4) is 0 Å². The van der Waals surface area contributed by atoms with E-state index in [4.69, 9.17) is 9.72 Å². The van der Waals surface area contributed by atoms with E-state index in [0.29, 0.717) is 0 Å². The lowest BCUT2D eigenvalue weighted by Gasteiger charge is -2.15. The molecule has 0 saturated carbocycles. The maximum Gasteiger partial charge on any atom is 0.161 e. The summed E-state index contributed by atoms with van der Waals surface area (Å²) >= 11 is 1.73. The van der Waals surface area contributed by atoms with Gasteiger partial charge >= 0.3 is 0 Å². The molecule has 0 amide bonds. The number of pyridine rings is 2. The summed E-state index contributed by atoms with van der Waals surface area (Å²) in [6, 6.07) is 20.8. The first-order valence-corrected chi connectivity index (χ1v) is 10.9. The van der Waals surface area contributed by atoms with Crippen molar-refractivity contribution in [2.45, 2.75) is 36.5 Å². The molecule has 0 bridgehead atoms. The van der Waals surface area contributed by atoms with Crippen molar-refractivity contribution in [2.24, 2.45) is 0 Å². The van der Waals surface area contributed by atoms with E-state index in [-0.39, 0.29) is 0 Å². The molecule has 4 nitrogen and oxygen atoms in total. The second-order valence-electron chi connectivity index (χ2n) is 7.18. The van der Waals surface area contributed by atoms with E-state index in [1.807, 2.05) is 24.4 Å². The van der Waals surface area contributed by atoms with Crippen LogP contribution in [0.15, 0.2) is 76.7 Å². The topological polar surface area (TPSA) is 47.0 Å². The van der Waals surface area contributed by atoms with Crippen LogP contribution in [0.2, 0.25) is 0 Å². The van der Waals surface area contributed by atoms with Crippen molar-refractivity contribution < 1.29 is 4.74 Å². The first-order valence-electron chi connectivity index (χ1n) is 10.1. The molecule has 0 radical (unpaired) electrons. The van der Waals surface area contributed by atoms with Gasteiger partial charge in [0.25, 0.3) is 0 Å². The molecule has 0 aliphatic carbocycles. The molecule has 0 aliphatic heterocycles. The number of benzene rings is 2. The summed E-state index contributed by atoms with van der Waals surface area (Å²) in [5.41, 5.74) is 5.15. The van der Waals surface area contributed by atoms with Crippen molar-refractivity contribution in [3.05, 3.63) is 78.1 Å². The summed E-state index contributed by atoms with van der Waals surface area (Å²) in [6.45, 7) is 4.27. The Morgan fingerprint density at radius 3 is 2.57 bits per heavy atom. The Balaban J connectivity index is 1.66. The van der Waals surface area contributed by atoms with Gasteiger partial charge in [-0.05, 0) is 73.5 Å². The number of anilines is 2. The minimum atomic E-state index is 0.781. The maximum absolute atomic E-state index is 5.27. The number of methoxy groups -OCH3 is 1. The van der Waals surface area contributed by atoms with Crippen LogP contribution in [-0.4, -0.2) is 17.1 Å². The molecule has 30 heavy (non-hydrogen) atoms. The summed E-state index contributed by atoms with van der Waals surface area (Å²) in [5, 5.41) is 4.65. The zero-order chi connectivity index (χ0) is 20.9. The summed E-state index contributed by atoms with van der Waals surface area (Å²) in [5.74, 6) is 0.861. The van der Waals surface area contributed by atoms with E-state index in [0.717, 1.165) is 56.5 Å². The predicted molar refractivity (Wildman–Crippen MR) is 125 cm³/mol. The first kappa shape index (κ1) is 20.2. The minimum Gasteiger partial charge on any atom is -0.497 e. The van der Waals surface area contributed by atoms with Gasteiger partial charge in [0.2, 0.25) is 0 Å². The van der Waals surface area contributed by atoms with Crippen LogP contribution in [0, 0.1) is 6.92 Å². The normalized spacial score (nSPS) is 10.9. The van der Waals surface area contributed by atoms with Crippen LogP contribution in [0.1, 0.15) is 24.6 Å². The van der Waals surface area contributed by atoms with Gasteiger partial charge in [0, 0.05) is 27.1 Å². The van der Waals surface area contributed by atoms with Gasteiger partial charge in [-0.25, -0.2) is 9.97 Å². The molecule has 0 unspecified atom stereocenters. The molecule has 2 aromatic carbocycles. The highest BCUT2D eigenvalue weighted by atomic mass is 32.2. The lowest BCUT2D eigenvalue weighted by molar-refractivity contribution is 0.414. The van der Waals surface area contributed by atoms with Gasteiger partial charge in [0.05, 0.1) is 18.5 Å². The average Bonchev–Trinajstić information content (AvgIpc) is 2.76. The molecule has 0 atom stereocenters. The molecule has 2 heterocycles. The molecular formula is C25H25N3OS. The molecule has 4 aromatic rings. The fraction of sp³-hybridized carbons (Fsp3) is 0.200. The third-order valence-corrected chi connectivity index (χ3v) is 5.94. The van der Waals surface area contributed by atoms with Gasteiger partial charge in [0.15, 0.2) is 5.65 Å². The van der Waals surface area contributed by atoms with E-state index >= 15 is 0 Å². The Labute approximate surface area is 181 Å². The monoisotopic (exact) mass is 415 g/mol. The van der Waals surface area contributed by atoms with Gasteiger partial charge in [-0.1, -0.05) is 31.2 Å². The van der Waals surface area contributed by atoms with Gasteiger partial charge in [-0.3, -0.25) is 0 Å². The molecule has 152 valence electrons. The van der Waals surface area contributed by atoms with Gasteiger partial charge < -0.3 is 10.1 Å². The highest BCUT2D eigenvalue weighted by Gasteiger charge is 2.10. The minimum absolute atomic E-state index is 0.781. The van der Waals surface area contributed by atoms with E-state index in [1.165, 1.54) is 5.56 Å². The molecule has 0 fully saturated rings. The summed E-state index contributed by atoms with van der Waals surface area (Å²) in [6.07, 6.45) is 3.86. The number of nitrogens with one attached hydrogen (secondary N) is 1. The number of nitrogens with zero attached hydrogens (tertiary/aromatic N) is 2. The lowest BCUT2D eigenvalue weighted by Crippen LogP contribution is -1.97. The molecule has 5 heteroatoms. The standard InChI is InChI=1S/C25H25N3OS/c1-4-5-18-7-12-21-22(14-15-26-25(21)27-18)28-23-16-17(2)6-13-24(23)30-20-10-8-19(29-3)9-11-20/h6-16H,4-5H2,1-3H3,(H,26,27,28). The Morgan fingerprint density at radius 1 is 0.967 bits per heavy atom. The van der Waals surface area contributed by atoms with Crippen LogP contribution in [-0.2, 0) is 6.42 Å². The third-order valence-electron chi connectivity index (χ3n) is 4.86. The quantitative estimate of drug-likeness (QED) is 0.360. The first-order chi connectivity index (χ1) is 14.7. The highest BCUT2D eigenvalue weighted by Crippen LogP contribution is 2.37. The van der Waals surface area contributed by atoms with Crippen LogP contribution >= 0.6 is 11.8 Å². The van der Waals surface area contributed by atoms with E-state index in [9.17, 15) is 0 Å². The number of aryl methyl sites for hydroxylation is 2. The number of hydrogen-bond donors (Lipinski definition) is 1. The van der Waals surface area contributed by atoms with Crippen molar-refractivity contribution in [2.75, 3.05) is 12.4 Å². The molecule has 0 saturated heterocycles. The number of aromatic nitrogens is 2. The van der Waals surface area contributed by atoms with Crippen molar-refractivity contribution in [1.82, 2.24) is 9.97 Å². The van der Waals surface area contributed by atoms with Gasteiger partial charge in [-0.2, -0.15) is 0 Å². The van der Waals surface area contributed by atoms with Crippen molar-refractivity contribution >= 4 is 34.2 Å². The largest absolute Gasteiger partial charge is 0.497 e. The summed E-state index contributed by atoms with van der Waals surface area (Å²) in [4.78, 5) is 11.5. The summed E-state index contributed by atoms with van der Waals surface area (Å²) in [7, 11) is 1.68. The van der Waals surface area contributed by atoms with Crippen LogP contribution in [0.4, 0.5) is 11.4 Å². The van der Waals surface area contributed by atoms with Crippen LogP contribution in [0.25, 0.3) is 11.0 Å². The van der Waals surface area contributed by atoms with E-state index in [1.54, 1.807) is 18.9 Å². The molecule has 0 spiro atoms. The number of hydrogen-bond acceptors (Lipinski definition) is 5. The van der Waals surface area contributed by atoms with E-state index in [2.05, 4.69) is 66.6 Å². The number of fused-ring (bicyclic) bond motifs is 1. The predicted octanol–water partition coefficient (Wildman–Crippen LogP) is 6.79. The van der Waals surface area contributed by atoms with E-state index < -0.39 is 0 Å². The van der Waals surface area contributed by atoms with Gasteiger partial charge in [0.1, 0.15) is 5.75 Å². The summed E-state index contributed by atoms with van der Waals surface area (Å²) < 4.78 is 5.27. The Bertz CT molecular complexity index is 1160. The lowest BCUT2D eigenvalue weighted by atomic mass is 10.1. The molecule has 0 aliphatic rings. The van der Waals surface area contributed by atoms with Crippen molar-refractivity contribution in [1.29, 1.82) is 0 Å². The second kappa shape index (κ2) is 9.18. The smallest absolute Gasteiger partial charge is 0.161 e. The molecular weight excluding hydrogens is 390 g/mol. The Kier molecular flexibility index (Phi) is 6.19. The SMILES string of the molecule is CCCc1ccc2c(Nc3cc(C)ccc3Sc3ccc(OC)cc3)ccnc2n1. The fourth-order valence-electron chi connectivity index (χ4n) is 3.32. The zero-order valence-corrected chi connectivity index (χ0v) is 18.3. The molecule has 2 aromatic heterocycles. The third kappa shape index (κ3) is 4.57. The molecule has 1 N–H and O–H groups in total. The highest BCUT2D eigenvalue weighted by molar-refractivity contribution is 7.99. The van der Waals surface area contributed by atoms with Crippen LogP contribution in [0.5, 0.6) is 5.75 Å². The average molecular weight is 416 g/mol. The Morgan fingerprint density at radius 2 is 1.80 bits per heavy atom.